The zero-order chi connectivity index (χ0) is 27.7. The summed E-state index contributed by atoms with van der Waals surface area (Å²) in [5.41, 5.74) is 1.67. The Balaban J connectivity index is 1.42. The number of amides is 1. The Morgan fingerprint density at radius 1 is 0.789 bits per heavy atom. The van der Waals surface area contributed by atoms with E-state index in [2.05, 4.69) is 4.72 Å². The number of benzene rings is 3. The van der Waals surface area contributed by atoms with Crippen LogP contribution >= 0.6 is 0 Å². The van der Waals surface area contributed by atoms with E-state index in [-0.39, 0.29) is 33.1 Å². The molecule has 4 rings (SSSR count). The van der Waals surface area contributed by atoms with Gasteiger partial charge in [0.05, 0.1) is 9.79 Å². The molecule has 0 spiro atoms. The van der Waals surface area contributed by atoms with E-state index in [0.29, 0.717) is 36.2 Å². The van der Waals surface area contributed by atoms with Crippen molar-refractivity contribution in [3.05, 3.63) is 78.4 Å². The van der Waals surface area contributed by atoms with Gasteiger partial charge >= 0.3 is 0 Å². The van der Waals surface area contributed by atoms with Gasteiger partial charge in [-0.25, -0.2) is 30.0 Å². The molecule has 1 saturated heterocycles. The summed E-state index contributed by atoms with van der Waals surface area (Å²) in [6.45, 7) is 0.850. The lowest BCUT2D eigenvalue weighted by molar-refractivity contribution is 0.0787. The van der Waals surface area contributed by atoms with Crippen molar-refractivity contribution in [3.63, 3.8) is 0 Å². The molecule has 1 aliphatic heterocycles. The number of likely N-dealkylation sites (tertiary alicyclic amines) is 1. The van der Waals surface area contributed by atoms with Crippen molar-refractivity contribution in [1.82, 2.24) is 9.62 Å². The van der Waals surface area contributed by atoms with Crippen LogP contribution in [0.15, 0.2) is 87.5 Å². The minimum Gasteiger partial charge on any atom is -0.338 e. The first kappa shape index (κ1) is 28.0. The number of carbonyl (C=O) groups is 1. The maximum Gasteiger partial charge on any atom is 0.253 e. The zero-order valence-electron chi connectivity index (χ0n) is 20.9. The SMILES string of the molecule is CS(=O)(=O)c1ccccc1-c1ccc(C(=O)N2CCC(CNS(=O)(=O)c3ccccc3S(C)(=O)=O)C2)cc1. The van der Waals surface area contributed by atoms with E-state index in [1.165, 1.54) is 24.3 Å². The van der Waals surface area contributed by atoms with Crippen LogP contribution in [0.25, 0.3) is 11.1 Å². The number of nitrogens with one attached hydrogen (secondary N) is 1. The normalized spacial score (nSPS) is 16.5. The Morgan fingerprint density at radius 2 is 1.34 bits per heavy atom. The highest BCUT2D eigenvalue weighted by Gasteiger charge is 2.29. The predicted octanol–water partition coefficient (Wildman–Crippen LogP) is 2.60. The number of carbonyl (C=O) groups excluding carboxylic acids is 1. The van der Waals surface area contributed by atoms with Gasteiger partial charge in [0.25, 0.3) is 5.91 Å². The van der Waals surface area contributed by atoms with Crippen molar-refractivity contribution in [2.24, 2.45) is 5.92 Å². The van der Waals surface area contributed by atoms with Crippen LogP contribution in [0.4, 0.5) is 0 Å². The molecule has 1 N–H and O–H groups in total. The molecule has 3 aromatic rings. The van der Waals surface area contributed by atoms with Gasteiger partial charge in [0.1, 0.15) is 4.90 Å². The highest BCUT2D eigenvalue weighted by Crippen LogP contribution is 2.28. The average molecular weight is 577 g/mol. The summed E-state index contributed by atoms with van der Waals surface area (Å²) in [4.78, 5) is 14.4. The number of nitrogens with zero attached hydrogens (tertiary/aromatic N) is 1. The monoisotopic (exact) mass is 576 g/mol. The fourth-order valence-electron chi connectivity index (χ4n) is 4.47. The third-order valence-corrected chi connectivity index (χ3v) is 10.3. The molecule has 1 unspecified atom stereocenters. The molecule has 3 aromatic carbocycles. The molecule has 9 nitrogen and oxygen atoms in total. The van der Waals surface area contributed by atoms with Crippen molar-refractivity contribution in [3.8, 4) is 11.1 Å². The fourth-order valence-corrected chi connectivity index (χ4v) is 8.13. The van der Waals surface area contributed by atoms with Gasteiger partial charge in [0.15, 0.2) is 19.7 Å². The van der Waals surface area contributed by atoms with E-state index in [1.54, 1.807) is 53.4 Å². The van der Waals surface area contributed by atoms with Gasteiger partial charge in [-0.1, -0.05) is 42.5 Å². The Morgan fingerprint density at radius 3 is 1.95 bits per heavy atom. The molecule has 0 saturated carbocycles. The summed E-state index contributed by atoms with van der Waals surface area (Å²) in [6, 6.07) is 18.8. The fraction of sp³-hybridized carbons (Fsp3) is 0.269. The maximum atomic E-state index is 13.1. The average Bonchev–Trinajstić information content (AvgIpc) is 3.35. The molecule has 38 heavy (non-hydrogen) atoms. The van der Waals surface area contributed by atoms with Crippen LogP contribution in [0, 0.1) is 5.92 Å². The highest BCUT2D eigenvalue weighted by molar-refractivity contribution is 7.93. The quantitative estimate of drug-likeness (QED) is 0.436. The standard InChI is InChI=1S/C26H28N2O7S3/c1-36(30,31)23-8-4-3-7-22(23)20-11-13-21(14-12-20)26(29)28-16-15-19(18-28)17-27-38(34,35)25-10-6-5-9-24(25)37(2,32)33/h3-14,19,27H,15-18H2,1-2H3. The van der Waals surface area contributed by atoms with E-state index < -0.39 is 29.7 Å². The lowest BCUT2D eigenvalue weighted by atomic mass is 10.0. The Labute approximate surface area is 223 Å². The molecular weight excluding hydrogens is 548 g/mol. The lowest BCUT2D eigenvalue weighted by Gasteiger charge is -2.18. The maximum absolute atomic E-state index is 13.1. The summed E-state index contributed by atoms with van der Waals surface area (Å²) in [7, 11) is -11.2. The topological polar surface area (TPSA) is 135 Å². The lowest BCUT2D eigenvalue weighted by Crippen LogP contribution is -2.33. The molecule has 0 aliphatic carbocycles. The zero-order valence-corrected chi connectivity index (χ0v) is 23.3. The molecule has 12 heteroatoms. The minimum absolute atomic E-state index is 0.0609. The minimum atomic E-state index is -4.07. The Kier molecular flexibility index (Phi) is 7.80. The first-order valence-corrected chi connectivity index (χ1v) is 17.0. The first-order valence-electron chi connectivity index (χ1n) is 11.7. The highest BCUT2D eigenvalue weighted by atomic mass is 32.2. The molecule has 0 radical (unpaired) electrons. The molecule has 1 amide bonds. The predicted molar refractivity (Wildman–Crippen MR) is 144 cm³/mol. The van der Waals surface area contributed by atoms with Gasteiger partial charge < -0.3 is 4.90 Å². The third-order valence-electron chi connectivity index (χ3n) is 6.40. The van der Waals surface area contributed by atoms with Crippen molar-refractivity contribution in [2.75, 3.05) is 32.1 Å². The molecule has 1 atom stereocenters. The number of hydrogen-bond donors (Lipinski definition) is 1. The molecule has 1 fully saturated rings. The van der Waals surface area contributed by atoms with Gasteiger partial charge in [-0.3, -0.25) is 4.79 Å². The molecule has 1 aliphatic rings. The summed E-state index contributed by atoms with van der Waals surface area (Å²) in [5.74, 6) is -0.347. The van der Waals surface area contributed by atoms with Crippen molar-refractivity contribution in [2.45, 2.75) is 21.1 Å². The van der Waals surface area contributed by atoms with Gasteiger partial charge in [0, 0.05) is 43.3 Å². The van der Waals surface area contributed by atoms with Crippen LogP contribution in [0.2, 0.25) is 0 Å². The van der Waals surface area contributed by atoms with Crippen LogP contribution in [0.5, 0.6) is 0 Å². The van der Waals surface area contributed by atoms with Gasteiger partial charge in [0.2, 0.25) is 10.0 Å². The summed E-state index contributed by atoms with van der Waals surface area (Å²) in [6.07, 6.45) is 2.69. The van der Waals surface area contributed by atoms with Crippen LogP contribution < -0.4 is 4.72 Å². The second-order valence-electron chi connectivity index (χ2n) is 9.32. The van der Waals surface area contributed by atoms with E-state index in [0.717, 1.165) is 12.5 Å². The van der Waals surface area contributed by atoms with Crippen LogP contribution in [-0.2, 0) is 29.7 Å². The van der Waals surface area contributed by atoms with Crippen molar-refractivity contribution < 1.29 is 30.0 Å². The second kappa shape index (κ2) is 10.6. The molecule has 0 bridgehead atoms. The van der Waals surface area contributed by atoms with Gasteiger partial charge in [-0.05, 0) is 48.2 Å². The molecule has 1 heterocycles. The number of hydrogen-bond acceptors (Lipinski definition) is 7. The Bertz CT molecular complexity index is 1680. The summed E-state index contributed by atoms with van der Waals surface area (Å²) in [5, 5.41) is 0. The second-order valence-corrected chi connectivity index (χ2v) is 15.0. The number of sulfone groups is 2. The van der Waals surface area contributed by atoms with Crippen LogP contribution in [0.3, 0.4) is 0 Å². The van der Waals surface area contributed by atoms with Crippen LogP contribution in [0.1, 0.15) is 16.8 Å². The van der Waals surface area contributed by atoms with Gasteiger partial charge in [-0.15, -0.1) is 0 Å². The third kappa shape index (κ3) is 6.15. The smallest absolute Gasteiger partial charge is 0.253 e. The van der Waals surface area contributed by atoms with E-state index >= 15 is 0 Å². The number of sulfonamides is 1. The summed E-state index contributed by atoms with van der Waals surface area (Å²) < 4.78 is 76.5. The van der Waals surface area contributed by atoms with Crippen molar-refractivity contribution in [1.29, 1.82) is 0 Å². The summed E-state index contributed by atoms with van der Waals surface area (Å²) >= 11 is 0. The Hall–Kier alpha value is -3.06. The number of rotatable bonds is 8. The molecule has 202 valence electrons. The van der Waals surface area contributed by atoms with Crippen LogP contribution in [-0.4, -0.2) is 68.2 Å². The van der Waals surface area contributed by atoms with Gasteiger partial charge in [-0.2, -0.15) is 0 Å². The van der Waals surface area contributed by atoms with Crippen molar-refractivity contribution >= 4 is 35.6 Å². The molecular formula is C26H28N2O7S3. The van der Waals surface area contributed by atoms with E-state index in [4.69, 9.17) is 0 Å². The van der Waals surface area contributed by atoms with E-state index in [9.17, 15) is 30.0 Å². The largest absolute Gasteiger partial charge is 0.338 e. The van der Waals surface area contributed by atoms with E-state index in [1.807, 2.05) is 0 Å². The first-order chi connectivity index (χ1) is 17.8. The molecule has 0 aromatic heterocycles.